The molecule has 11 rings (SSSR count). The molecule has 6 nitrogen and oxygen atoms in total. The first kappa shape index (κ1) is 35.2. The van der Waals surface area contributed by atoms with E-state index in [2.05, 4.69) is 168 Å². The van der Waals surface area contributed by atoms with E-state index in [1.165, 1.54) is 0 Å². The van der Waals surface area contributed by atoms with Gasteiger partial charge in [0.25, 0.3) is 0 Å². The van der Waals surface area contributed by atoms with Crippen molar-refractivity contribution >= 4 is 67.9 Å². The number of hydrogen-bond donors (Lipinski definition) is 2. The second kappa shape index (κ2) is 14.5. The minimum Gasteiger partial charge on any atom is -0.492 e. The molecule has 8 bridgehead atoms. The van der Waals surface area contributed by atoms with Crippen LogP contribution in [-0.2, 0) is 0 Å². The van der Waals surface area contributed by atoms with Crippen LogP contribution in [0.4, 0.5) is 0 Å². The summed E-state index contributed by atoms with van der Waals surface area (Å²) in [5.74, 6) is 1.43. The Morgan fingerprint density at radius 3 is 1.08 bits per heavy atom. The molecule has 0 saturated heterocycles. The number of ether oxygens (including phenoxy) is 2. The SMILES string of the molecule is COc1c(OC)c2ccc(-c3c4nc(c(-c5ccccc5)c5ccc([nH]5)c(-c5ccccc5)c5nc(c(-c6ccccc6)c6ccc3[nH]6)C=C5)C=C4)cc2c2ccccc12. The smallest absolute Gasteiger partial charge is 0.169 e. The molecule has 0 radical (unpaired) electrons. The summed E-state index contributed by atoms with van der Waals surface area (Å²) in [7, 11) is 3.40. The second-order valence-corrected chi connectivity index (χ2v) is 15.0. The zero-order chi connectivity index (χ0) is 40.2. The zero-order valence-corrected chi connectivity index (χ0v) is 33.0. The number of aromatic nitrogens is 4. The van der Waals surface area contributed by atoms with E-state index < -0.39 is 0 Å². The van der Waals surface area contributed by atoms with E-state index in [1.54, 1.807) is 14.2 Å². The highest BCUT2D eigenvalue weighted by Gasteiger charge is 2.21. The van der Waals surface area contributed by atoms with Gasteiger partial charge in [0.15, 0.2) is 11.5 Å². The van der Waals surface area contributed by atoms with Gasteiger partial charge in [0, 0.05) is 55.1 Å². The summed E-state index contributed by atoms with van der Waals surface area (Å²) in [6.45, 7) is 0. The average molecular weight is 775 g/mol. The van der Waals surface area contributed by atoms with Crippen molar-refractivity contribution in [1.29, 1.82) is 0 Å². The highest BCUT2D eigenvalue weighted by atomic mass is 16.5. The second-order valence-electron chi connectivity index (χ2n) is 15.0. The van der Waals surface area contributed by atoms with Gasteiger partial charge >= 0.3 is 0 Å². The maximum atomic E-state index is 6.02. The molecule has 0 unspecified atom stereocenters. The largest absolute Gasteiger partial charge is 0.492 e. The number of nitrogens with zero attached hydrogens (tertiary/aromatic N) is 2. The fourth-order valence-electron chi connectivity index (χ4n) is 8.92. The van der Waals surface area contributed by atoms with Crippen LogP contribution in [0.25, 0.3) is 112 Å². The minimum atomic E-state index is 0.709. The summed E-state index contributed by atoms with van der Waals surface area (Å²) in [6.07, 6.45) is 8.55. The molecule has 2 aliphatic rings. The molecule has 0 saturated carbocycles. The first-order valence-corrected chi connectivity index (χ1v) is 20.1. The lowest BCUT2D eigenvalue weighted by Gasteiger charge is -2.16. The first-order chi connectivity index (χ1) is 29.7. The molecule has 286 valence electrons. The number of rotatable bonds is 6. The van der Waals surface area contributed by atoms with Crippen molar-refractivity contribution in [3.8, 4) is 56.0 Å². The molecule has 6 aromatic carbocycles. The van der Waals surface area contributed by atoms with Crippen LogP contribution in [-0.4, -0.2) is 34.2 Å². The number of methoxy groups -OCH3 is 2. The van der Waals surface area contributed by atoms with Gasteiger partial charge in [-0.2, -0.15) is 0 Å². The van der Waals surface area contributed by atoms with Gasteiger partial charge in [-0.05, 0) is 93.7 Å². The molecule has 0 fully saturated rings. The maximum Gasteiger partial charge on any atom is 0.169 e. The van der Waals surface area contributed by atoms with Crippen LogP contribution in [0.15, 0.2) is 158 Å². The molecule has 3 aromatic heterocycles. The molecular weight excluding hydrogens is 737 g/mol. The topological polar surface area (TPSA) is 75.8 Å². The van der Waals surface area contributed by atoms with E-state index in [-0.39, 0.29) is 0 Å². The number of nitrogens with one attached hydrogen (secondary N) is 2. The van der Waals surface area contributed by atoms with Crippen LogP contribution >= 0.6 is 0 Å². The van der Waals surface area contributed by atoms with Crippen LogP contribution in [0.3, 0.4) is 0 Å². The average Bonchev–Trinajstić information content (AvgIpc) is 4.15. The minimum absolute atomic E-state index is 0.709. The Hall–Kier alpha value is -7.96. The van der Waals surface area contributed by atoms with E-state index >= 15 is 0 Å². The highest BCUT2D eigenvalue weighted by Crippen LogP contribution is 2.45. The van der Waals surface area contributed by atoms with Gasteiger partial charge in [0.1, 0.15) is 0 Å². The highest BCUT2D eigenvalue weighted by molar-refractivity contribution is 6.15. The summed E-state index contributed by atoms with van der Waals surface area (Å²) < 4.78 is 12.0. The Morgan fingerprint density at radius 2 is 0.683 bits per heavy atom. The van der Waals surface area contributed by atoms with Gasteiger partial charge in [-0.25, -0.2) is 9.97 Å². The number of H-pyrrole nitrogens is 2. The van der Waals surface area contributed by atoms with E-state index in [0.717, 1.165) is 117 Å². The molecule has 2 N–H and O–H groups in total. The Bertz CT molecular complexity index is 3340. The summed E-state index contributed by atoms with van der Waals surface area (Å²) in [5, 5.41) is 4.10. The maximum absolute atomic E-state index is 6.02. The van der Waals surface area contributed by atoms with Gasteiger partial charge in [-0.15, -0.1) is 0 Å². The van der Waals surface area contributed by atoms with E-state index in [9.17, 15) is 0 Å². The molecule has 9 aromatic rings. The van der Waals surface area contributed by atoms with Crippen molar-refractivity contribution in [2.45, 2.75) is 0 Å². The van der Waals surface area contributed by atoms with Crippen LogP contribution in [0.1, 0.15) is 22.8 Å². The summed E-state index contributed by atoms with van der Waals surface area (Å²) in [6, 6.07) is 55.0. The number of aromatic amines is 2. The third kappa shape index (κ3) is 5.80. The molecule has 0 aliphatic carbocycles. The lowest BCUT2D eigenvalue weighted by Crippen LogP contribution is -1.94. The molecule has 0 amide bonds. The van der Waals surface area contributed by atoms with E-state index in [1.807, 2.05) is 24.3 Å². The molecule has 2 aliphatic heterocycles. The summed E-state index contributed by atoms with van der Waals surface area (Å²) >= 11 is 0. The monoisotopic (exact) mass is 774 g/mol. The van der Waals surface area contributed by atoms with E-state index in [0.29, 0.717) is 5.75 Å². The van der Waals surface area contributed by atoms with Crippen molar-refractivity contribution in [3.05, 3.63) is 181 Å². The standard InChI is InChI=1S/C54H38N4O2/c1-59-53-38-21-13-12-20-37(38)40-32-36(22-23-39(40)54(53)60-2)52-47-30-28-45(57-47)50(34-16-8-4-9-17-34)43-26-24-41(55-43)49(33-14-6-3-7-15-33)42-25-27-44(56-42)51(35-18-10-5-11-19-35)46-29-31-48(52)58-46/h3-32,55,58H,1-2H3. The third-order valence-corrected chi connectivity index (χ3v) is 11.6. The Kier molecular flexibility index (Phi) is 8.48. The summed E-state index contributed by atoms with van der Waals surface area (Å²) in [5.41, 5.74) is 15.5. The van der Waals surface area contributed by atoms with Crippen LogP contribution in [0, 0.1) is 0 Å². The van der Waals surface area contributed by atoms with Gasteiger partial charge < -0.3 is 19.4 Å². The van der Waals surface area contributed by atoms with Crippen molar-refractivity contribution in [2.75, 3.05) is 14.2 Å². The zero-order valence-electron chi connectivity index (χ0n) is 33.0. The predicted octanol–water partition coefficient (Wildman–Crippen LogP) is 13.6. The molecule has 60 heavy (non-hydrogen) atoms. The molecule has 0 atom stereocenters. The first-order valence-electron chi connectivity index (χ1n) is 20.1. The van der Waals surface area contributed by atoms with Crippen molar-refractivity contribution in [3.63, 3.8) is 0 Å². The van der Waals surface area contributed by atoms with Crippen molar-refractivity contribution in [1.82, 2.24) is 19.9 Å². The van der Waals surface area contributed by atoms with Gasteiger partial charge in [0.2, 0.25) is 0 Å². The third-order valence-electron chi connectivity index (χ3n) is 11.6. The summed E-state index contributed by atoms with van der Waals surface area (Å²) in [4.78, 5) is 18.6. The number of fused-ring (bicyclic) bond motifs is 11. The number of hydrogen-bond acceptors (Lipinski definition) is 4. The predicted molar refractivity (Wildman–Crippen MR) is 249 cm³/mol. The molecule has 6 heteroatoms. The van der Waals surface area contributed by atoms with Gasteiger partial charge in [-0.3, -0.25) is 0 Å². The van der Waals surface area contributed by atoms with Crippen LogP contribution in [0.5, 0.6) is 11.5 Å². The molecule has 5 heterocycles. The van der Waals surface area contributed by atoms with Crippen LogP contribution in [0.2, 0.25) is 0 Å². The normalized spacial score (nSPS) is 12.0. The Labute approximate surface area is 346 Å². The molecule has 0 spiro atoms. The fraction of sp³-hybridized carbons (Fsp3) is 0.0370. The lowest BCUT2D eigenvalue weighted by atomic mass is 9.95. The van der Waals surface area contributed by atoms with Gasteiger partial charge in [-0.1, -0.05) is 121 Å². The Morgan fingerprint density at radius 1 is 0.333 bits per heavy atom. The quantitative estimate of drug-likeness (QED) is 0.165. The van der Waals surface area contributed by atoms with E-state index in [4.69, 9.17) is 19.4 Å². The Balaban J connectivity index is 1.30. The molecular formula is C54H38N4O2. The van der Waals surface area contributed by atoms with Gasteiger partial charge in [0.05, 0.1) is 37.0 Å². The van der Waals surface area contributed by atoms with Crippen molar-refractivity contribution in [2.24, 2.45) is 0 Å². The fourth-order valence-corrected chi connectivity index (χ4v) is 8.92. The van der Waals surface area contributed by atoms with Crippen LogP contribution < -0.4 is 9.47 Å². The van der Waals surface area contributed by atoms with Crippen molar-refractivity contribution < 1.29 is 9.47 Å². The lowest BCUT2D eigenvalue weighted by molar-refractivity contribution is 0.362. The number of benzene rings is 6.